The van der Waals surface area contributed by atoms with Gasteiger partial charge in [-0.2, -0.15) is 0 Å². The van der Waals surface area contributed by atoms with E-state index < -0.39 is 0 Å². The number of hydrogen-bond donors (Lipinski definition) is 1. The summed E-state index contributed by atoms with van der Waals surface area (Å²) in [6.07, 6.45) is 2.39. The molecule has 1 atom stereocenters. The lowest BCUT2D eigenvalue weighted by Gasteiger charge is -2.41. The van der Waals surface area contributed by atoms with Crippen LogP contribution in [-0.2, 0) is 12.0 Å². The Bertz CT molecular complexity index is 569. The second-order valence-corrected chi connectivity index (χ2v) is 6.57. The Balaban J connectivity index is 1.82. The number of rotatable bonds is 3. The number of thiazole rings is 1. The minimum Gasteiger partial charge on any atom is -0.390 e. The van der Waals surface area contributed by atoms with E-state index in [-0.39, 0.29) is 12.0 Å². The predicted molar refractivity (Wildman–Crippen MR) is 83.3 cm³/mol. The lowest BCUT2D eigenvalue weighted by molar-refractivity contribution is 0.277. The number of aromatic nitrogens is 1. The van der Waals surface area contributed by atoms with Crippen LogP contribution in [-0.4, -0.2) is 23.2 Å². The van der Waals surface area contributed by atoms with E-state index in [1.165, 1.54) is 18.4 Å². The molecule has 0 amide bonds. The fourth-order valence-corrected chi connectivity index (χ4v) is 3.84. The molecule has 0 aliphatic carbocycles. The van der Waals surface area contributed by atoms with Crippen LogP contribution in [0.15, 0.2) is 35.7 Å². The molecule has 1 saturated heterocycles. The zero-order chi connectivity index (χ0) is 14.0. The van der Waals surface area contributed by atoms with E-state index in [9.17, 15) is 0 Å². The van der Waals surface area contributed by atoms with E-state index in [4.69, 9.17) is 5.11 Å². The third-order valence-electron chi connectivity index (χ3n) is 4.14. The summed E-state index contributed by atoms with van der Waals surface area (Å²) in [5, 5.41) is 12.1. The summed E-state index contributed by atoms with van der Waals surface area (Å²) in [6.45, 7) is 4.42. The first-order valence-corrected chi connectivity index (χ1v) is 7.95. The first kappa shape index (κ1) is 13.6. The maximum atomic E-state index is 9.16. The quantitative estimate of drug-likeness (QED) is 0.942. The van der Waals surface area contributed by atoms with Gasteiger partial charge in [-0.15, -0.1) is 11.3 Å². The molecule has 1 N–H and O–H groups in total. The Hall–Kier alpha value is -1.39. The lowest BCUT2D eigenvalue weighted by atomic mass is 9.76. The van der Waals surface area contributed by atoms with Gasteiger partial charge in [0.1, 0.15) is 0 Å². The van der Waals surface area contributed by atoms with Gasteiger partial charge in [-0.25, -0.2) is 4.98 Å². The Kier molecular flexibility index (Phi) is 3.76. The predicted octanol–water partition coefficient (Wildman–Crippen LogP) is 3.19. The van der Waals surface area contributed by atoms with Gasteiger partial charge in [0, 0.05) is 23.9 Å². The molecule has 1 fully saturated rings. The van der Waals surface area contributed by atoms with E-state index >= 15 is 0 Å². The summed E-state index contributed by atoms with van der Waals surface area (Å²) in [5.74, 6) is 0. The smallest absolute Gasteiger partial charge is 0.185 e. The molecule has 106 valence electrons. The third kappa shape index (κ3) is 2.58. The van der Waals surface area contributed by atoms with Crippen molar-refractivity contribution in [2.24, 2.45) is 0 Å². The van der Waals surface area contributed by atoms with Crippen LogP contribution >= 0.6 is 11.3 Å². The number of benzene rings is 1. The Morgan fingerprint density at radius 1 is 1.35 bits per heavy atom. The molecule has 3 nitrogen and oxygen atoms in total. The molecule has 3 rings (SSSR count). The summed E-state index contributed by atoms with van der Waals surface area (Å²) >= 11 is 1.63. The van der Waals surface area contributed by atoms with Crippen molar-refractivity contribution >= 4 is 16.5 Å². The van der Waals surface area contributed by atoms with Crippen molar-refractivity contribution in [3.63, 3.8) is 0 Å². The largest absolute Gasteiger partial charge is 0.390 e. The Morgan fingerprint density at radius 3 is 2.85 bits per heavy atom. The highest BCUT2D eigenvalue weighted by Gasteiger charge is 2.33. The molecule has 4 heteroatoms. The van der Waals surface area contributed by atoms with Crippen molar-refractivity contribution in [2.45, 2.75) is 31.8 Å². The van der Waals surface area contributed by atoms with Crippen LogP contribution in [0.3, 0.4) is 0 Å². The van der Waals surface area contributed by atoms with Gasteiger partial charge in [0.15, 0.2) is 5.13 Å². The van der Waals surface area contributed by atoms with Gasteiger partial charge in [0.2, 0.25) is 0 Å². The van der Waals surface area contributed by atoms with Crippen molar-refractivity contribution in [3.8, 4) is 0 Å². The van der Waals surface area contributed by atoms with Gasteiger partial charge in [0.25, 0.3) is 0 Å². The van der Waals surface area contributed by atoms with Crippen molar-refractivity contribution in [3.05, 3.63) is 47.0 Å². The summed E-state index contributed by atoms with van der Waals surface area (Å²) in [4.78, 5) is 6.87. The fourth-order valence-electron chi connectivity index (χ4n) is 2.99. The molecule has 1 aliphatic rings. The maximum absolute atomic E-state index is 9.16. The zero-order valence-electron chi connectivity index (χ0n) is 11.7. The summed E-state index contributed by atoms with van der Waals surface area (Å²) in [6, 6.07) is 10.8. The van der Waals surface area contributed by atoms with E-state index in [0.29, 0.717) is 0 Å². The van der Waals surface area contributed by atoms with Crippen LogP contribution in [0.2, 0.25) is 0 Å². The van der Waals surface area contributed by atoms with Crippen LogP contribution in [0, 0.1) is 0 Å². The topological polar surface area (TPSA) is 36.4 Å². The van der Waals surface area contributed by atoms with Crippen molar-refractivity contribution in [2.75, 3.05) is 18.0 Å². The van der Waals surface area contributed by atoms with Gasteiger partial charge in [0.05, 0.1) is 12.3 Å². The molecule has 1 unspecified atom stereocenters. The highest BCUT2D eigenvalue weighted by molar-refractivity contribution is 7.13. The zero-order valence-corrected chi connectivity index (χ0v) is 12.6. The van der Waals surface area contributed by atoms with Gasteiger partial charge >= 0.3 is 0 Å². The summed E-state index contributed by atoms with van der Waals surface area (Å²) in [5.41, 5.74) is 2.37. The van der Waals surface area contributed by atoms with Gasteiger partial charge < -0.3 is 10.0 Å². The molecule has 2 aromatic rings. The van der Waals surface area contributed by atoms with Crippen LogP contribution < -0.4 is 4.90 Å². The number of aliphatic hydroxyl groups excluding tert-OH is 1. The third-order valence-corrected chi connectivity index (χ3v) is 5.09. The number of piperidine rings is 1. The number of hydrogen-bond acceptors (Lipinski definition) is 4. The average Bonchev–Trinajstić information content (AvgIpc) is 2.97. The highest BCUT2D eigenvalue weighted by Crippen LogP contribution is 2.36. The first-order valence-electron chi connectivity index (χ1n) is 7.07. The lowest BCUT2D eigenvalue weighted by Crippen LogP contribution is -2.44. The fraction of sp³-hybridized carbons (Fsp3) is 0.438. The molecule has 2 heterocycles. The van der Waals surface area contributed by atoms with Crippen molar-refractivity contribution in [1.82, 2.24) is 4.98 Å². The molecule has 0 bridgehead atoms. The highest BCUT2D eigenvalue weighted by atomic mass is 32.1. The SMILES string of the molecule is CC1(c2ccccc2)CCCN(c2nc(CO)cs2)C1. The molecule has 1 aromatic heterocycles. The minimum atomic E-state index is 0.0281. The number of aliphatic hydroxyl groups is 1. The Morgan fingerprint density at radius 2 is 2.15 bits per heavy atom. The molecule has 0 spiro atoms. The molecular weight excluding hydrogens is 268 g/mol. The van der Waals surface area contributed by atoms with E-state index in [1.807, 2.05) is 5.38 Å². The van der Waals surface area contributed by atoms with Crippen LogP contribution in [0.4, 0.5) is 5.13 Å². The first-order chi connectivity index (χ1) is 9.71. The molecule has 1 aromatic carbocycles. The minimum absolute atomic E-state index is 0.0281. The molecular formula is C16H20N2OS. The number of nitrogens with zero attached hydrogens (tertiary/aromatic N) is 2. The standard InChI is InChI=1S/C16H20N2OS/c1-16(13-6-3-2-4-7-13)8-5-9-18(12-16)15-17-14(10-19)11-20-15/h2-4,6-7,11,19H,5,8-10,12H2,1H3. The molecule has 1 aliphatic heterocycles. The van der Waals surface area contributed by atoms with Crippen molar-refractivity contribution < 1.29 is 5.11 Å². The second kappa shape index (κ2) is 5.54. The molecule has 0 saturated carbocycles. The van der Waals surface area contributed by atoms with Crippen LogP contribution in [0.25, 0.3) is 0 Å². The van der Waals surface area contributed by atoms with Crippen LogP contribution in [0.1, 0.15) is 31.0 Å². The van der Waals surface area contributed by atoms with Crippen molar-refractivity contribution in [1.29, 1.82) is 0 Å². The van der Waals surface area contributed by atoms with E-state index in [0.717, 1.165) is 23.9 Å². The maximum Gasteiger partial charge on any atom is 0.185 e. The Labute approximate surface area is 123 Å². The van der Waals surface area contributed by atoms with Gasteiger partial charge in [-0.05, 0) is 18.4 Å². The second-order valence-electron chi connectivity index (χ2n) is 5.73. The number of anilines is 1. The monoisotopic (exact) mass is 288 g/mol. The van der Waals surface area contributed by atoms with Gasteiger partial charge in [-0.3, -0.25) is 0 Å². The molecule has 0 radical (unpaired) electrons. The molecule has 20 heavy (non-hydrogen) atoms. The van der Waals surface area contributed by atoms with E-state index in [1.54, 1.807) is 11.3 Å². The normalized spacial score (nSPS) is 23.0. The van der Waals surface area contributed by atoms with Gasteiger partial charge in [-0.1, -0.05) is 37.3 Å². The summed E-state index contributed by atoms with van der Waals surface area (Å²) in [7, 11) is 0. The van der Waals surface area contributed by atoms with E-state index in [2.05, 4.69) is 47.1 Å². The summed E-state index contributed by atoms with van der Waals surface area (Å²) < 4.78 is 0. The average molecular weight is 288 g/mol. The van der Waals surface area contributed by atoms with Crippen LogP contribution in [0.5, 0.6) is 0 Å².